The van der Waals surface area contributed by atoms with Gasteiger partial charge in [0.1, 0.15) is 0 Å². The first kappa shape index (κ1) is 13.7. The molecule has 92 valence electrons. The van der Waals surface area contributed by atoms with Crippen molar-refractivity contribution in [2.45, 2.75) is 6.42 Å². The summed E-state index contributed by atoms with van der Waals surface area (Å²) in [6, 6.07) is 1.29. The Morgan fingerprint density at radius 1 is 1.41 bits per heavy atom. The maximum absolute atomic E-state index is 11.9. The molecule has 0 radical (unpaired) electrons. The number of nitrogens with zero attached hydrogens (tertiary/aromatic N) is 3. The van der Waals surface area contributed by atoms with Crippen molar-refractivity contribution in [1.82, 2.24) is 15.1 Å². The van der Waals surface area contributed by atoms with Crippen molar-refractivity contribution in [2.75, 3.05) is 13.6 Å². The van der Waals surface area contributed by atoms with Gasteiger partial charge in [0.15, 0.2) is 10.3 Å². The first-order valence-corrected chi connectivity index (χ1v) is 5.33. The molecular formula is C9H9Cl2N3O3. The van der Waals surface area contributed by atoms with Crippen molar-refractivity contribution in [3.63, 3.8) is 0 Å². The second kappa shape index (κ2) is 5.79. The third-order valence-corrected chi connectivity index (χ3v) is 2.42. The standard InChI is InChI=1S/C9H9Cl2N3O3/c1-14(3-2-7(15)16)9(17)5-4-6(10)12-13-8(5)11/h4H,2-3H2,1H3,(H,15,16). The van der Waals surface area contributed by atoms with Crippen LogP contribution in [0.2, 0.25) is 10.3 Å². The summed E-state index contributed by atoms with van der Waals surface area (Å²) in [5.74, 6) is -1.44. The normalized spacial score (nSPS) is 10.1. The summed E-state index contributed by atoms with van der Waals surface area (Å²) in [4.78, 5) is 23.5. The highest BCUT2D eigenvalue weighted by Crippen LogP contribution is 2.17. The van der Waals surface area contributed by atoms with Gasteiger partial charge in [-0.1, -0.05) is 23.2 Å². The van der Waals surface area contributed by atoms with E-state index in [0.29, 0.717) is 0 Å². The van der Waals surface area contributed by atoms with Gasteiger partial charge >= 0.3 is 5.97 Å². The Morgan fingerprint density at radius 3 is 2.65 bits per heavy atom. The summed E-state index contributed by atoms with van der Waals surface area (Å²) in [5, 5.41) is 15.5. The monoisotopic (exact) mass is 277 g/mol. The molecule has 0 bridgehead atoms. The molecule has 6 nitrogen and oxygen atoms in total. The van der Waals surface area contributed by atoms with E-state index in [2.05, 4.69) is 10.2 Å². The fraction of sp³-hybridized carbons (Fsp3) is 0.333. The number of amides is 1. The molecule has 1 aromatic rings. The van der Waals surface area contributed by atoms with Crippen molar-refractivity contribution in [1.29, 1.82) is 0 Å². The number of hydrogen-bond donors (Lipinski definition) is 1. The minimum Gasteiger partial charge on any atom is -0.481 e. The van der Waals surface area contributed by atoms with Crippen LogP contribution in [0.4, 0.5) is 0 Å². The zero-order valence-electron chi connectivity index (χ0n) is 8.85. The number of rotatable bonds is 4. The van der Waals surface area contributed by atoms with E-state index in [0.717, 1.165) is 0 Å². The van der Waals surface area contributed by atoms with Gasteiger partial charge in [0.25, 0.3) is 5.91 Å². The quantitative estimate of drug-likeness (QED) is 0.898. The minimum absolute atomic E-state index is 0.0457. The van der Waals surface area contributed by atoms with Gasteiger partial charge in [-0.3, -0.25) is 9.59 Å². The molecule has 0 aromatic carbocycles. The largest absolute Gasteiger partial charge is 0.481 e. The molecule has 1 aromatic heterocycles. The van der Waals surface area contributed by atoms with Crippen LogP contribution in [0.15, 0.2) is 6.07 Å². The van der Waals surface area contributed by atoms with Crippen molar-refractivity contribution in [3.8, 4) is 0 Å². The van der Waals surface area contributed by atoms with Crippen LogP contribution in [0, 0.1) is 0 Å². The highest BCUT2D eigenvalue weighted by molar-refractivity contribution is 6.34. The van der Waals surface area contributed by atoms with Gasteiger partial charge in [0.05, 0.1) is 12.0 Å². The Kier molecular flexibility index (Phi) is 4.65. The zero-order valence-corrected chi connectivity index (χ0v) is 10.4. The molecule has 0 unspecified atom stereocenters. The average Bonchev–Trinajstić information content (AvgIpc) is 2.28. The molecule has 0 spiro atoms. The SMILES string of the molecule is CN(CCC(=O)O)C(=O)c1cc(Cl)nnc1Cl. The summed E-state index contributed by atoms with van der Waals surface area (Å²) >= 11 is 11.3. The van der Waals surface area contributed by atoms with E-state index in [1.165, 1.54) is 18.0 Å². The lowest BCUT2D eigenvalue weighted by atomic mass is 10.2. The summed E-state index contributed by atoms with van der Waals surface area (Å²) in [5.41, 5.74) is 0.0968. The number of carboxylic acids is 1. The molecule has 1 rings (SSSR count). The van der Waals surface area contributed by atoms with E-state index in [1.54, 1.807) is 0 Å². The van der Waals surface area contributed by atoms with Crippen LogP contribution in [-0.4, -0.2) is 45.7 Å². The molecular weight excluding hydrogens is 269 g/mol. The third-order valence-electron chi connectivity index (χ3n) is 1.96. The predicted molar refractivity (Wildman–Crippen MR) is 61.3 cm³/mol. The number of aromatic nitrogens is 2. The van der Waals surface area contributed by atoms with Crippen molar-refractivity contribution in [3.05, 3.63) is 21.9 Å². The number of aliphatic carboxylic acids is 1. The molecule has 1 amide bonds. The van der Waals surface area contributed by atoms with Gasteiger partial charge in [-0.25, -0.2) is 0 Å². The van der Waals surface area contributed by atoms with Crippen LogP contribution < -0.4 is 0 Å². The highest BCUT2D eigenvalue weighted by Gasteiger charge is 2.17. The lowest BCUT2D eigenvalue weighted by Crippen LogP contribution is -2.29. The fourth-order valence-electron chi connectivity index (χ4n) is 1.07. The van der Waals surface area contributed by atoms with E-state index in [9.17, 15) is 9.59 Å². The lowest BCUT2D eigenvalue weighted by Gasteiger charge is -2.16. The predicted octanol–water partition coefficient (Wildman–Crippen LogP) is 1.33. The lowest BCUT2D eigenvalue weighted by molar-refractivity contribution is -0.137. The second-order valence-corrected chi connectivity index (χ2v) is 3.99. The Bertz CT molecular complexity index is 453. The number of carbonyl (C=O) groups is 2. The van der Waals surface area contributed by atoms with Crippen molar-refractivity contribution >= 4 is 35.1 Å². The highest BCUT2D eigenvalue weighted by atomic mass is 35.5. The molecule has 0 aliphatic heterocycles. The van der Waals surface area contributed by atoms with Crippen LogP contribution in [-0.2, 0) is 4.79 Å². The van der Waals surface area contributed by atoms with Gasteiger partial charge in [-0.05, 0) is 6.07 Å². The molecule has 0 aliphatic rings. The van der Waals surface area contributed by atoms with E-state index in [4.69, 9.17) is 28.3 Å². The summed E-state index contributed by atoms with van der Waals surface area (Å²) in [7, 11) is 1.47. The second-order valence-electron chi connectivity index (χ2n) is 3.24. The Labute approximate surface area is 107 Å². The summed E-state index contributed by atoms with van der Waals surface area (Å²) in [6.45, 7) is 0.0738. The van der Waals surface area contributed by atoms with Crippen molar-refractivity contribution < 1.29 is 14.7 Å². The zero-order chi connectivity index (χ0) is 13.0. The molecule has 0 aliphatic carbocycles. The van der Waals surface area contributed by atoms with Gasteiger partial charge in [-0.2, -0.15) is 0 Å². The van der Waals surface area contributed by atoms with Gasteiger partial charge < -0.3 is 10.0 Å². The molecule has 0 saturated heterocycles. The Balaban J connectivity index is 2.81. The number of hydrogen-bond acceptors (Lipinski definition) is 4. The van der Waals surface area contributed by atoms with Gasteiger partial charge in [0, 0.05) is 13.6 Å². The van der Waals surface area contributed by atoms with Crippen LogP contribution in [0.1, 0.15) is 16.8 Å². The number of carboxylic acid groups (broad SMARTS) is 1. The maximum atomic E-state index is 11.9. The molecule has 0 atom stereocenters. The van der Waals surface area contributed by atoms with E-state index < -0.39 is 11.9 Å². The molecule has 0 saturated carbocycles. The molecule has 17 heavy (non-hydrogen) atoms. The van der Waals surface area contributed by atoms with E-state index >= 15 is 0 Å². The smallest absolute Gasteiger partial charge is 0.305 e. The minimum atomic E-state index is -0.985. The topological polar surface area (TPSA) is 83.4 Å². The molecule has 8 heteroatoms. The average molecular weight is 278 g/mol. The maximum Gasteiger partial charge on any atom is 0.305 e. The van der Waals surface area contributed by atoms with Crippen LogP contribution >= 0.6 is 23.2 Å². The first-order valence-electron chi connectivity index (χ1n) is 4.57. The van der Waals surface area contributed by atoms with Gasteiger partial charge in [-0.15, -0.1) is 10.2 Å². The molecule has 1 N–H and O–H groups in total. The van der Waals surface area contributed by atoms with E-state index in [1.807, 2.05) is 0 Å². The third kappa shape index (κ3) is 3.83. The van der Waals surface area contributed by atoms with Crippen LogP contribution in [0.25, 0.3) is 0 Å². The fourth-order valence-corrected chi connectivity index (χ4v) is 1.39. The Morgan fingerprint density at radius 2 is 2.06 bits per heavy atom. The van der Waals surface area contributed by atoms with Gasteiger partial charge in [0.2, 0.25) is 0 Å². The summed E-state index contributed by atoms with van der Waals surface area (Å²) < 4.78 is 0. The van der Waals surface area contributed by atoms with E-state index in [-0.39, 0.29) is 28.8 Å². The Hall–Kier alpha value is -1.40. The van der Waals surface area contributed by atoms with Crippen LogP contribution in [0.5, 0.6) is 0 Å². The van der Waals surface area contributed by atoms with Crippen molar-refractivity contribution in [2.24, 2.45) is 0 Å². The molecule has 1 heterocycles. The number of carbonyl (C=O) groups excluding carboxylic acids is 1. The van der Waals surface area contributed by atoms with Crippen LogP contribution in [0.3, 0.4) is 0 Å². The first-order chi connectivity index (χ1) is 7.91. The number of halogens is 2. The summed E-state index contributed by atoms with van der Waals surface area (Å²) in [6.07, 6.45) is -0.147. The molecule has 0 fully saturated rings.